The number of nitrogens with two attached hydrogens (primary N) is 1. The second-order valence-corrected chi connectivity index (χ2v) is 4.69. The van der Waals surface area contributed by atoms with Crippen LogP contribution >= 0.6 is 0 Å². The highest BCUT2D eigenvalue weighted by atomic mass is 16.3. The van der Waals surface area contributed by atoms with Crippen LogP contribution < -0.4 is 11.1 Å². The van der Waals surface area contributed by atoms with Gasteiger partial charge in [0.1, 0.15) is 11.5 Å². The molecule has 0 saturated carbocycles. The summed E-state index contributed by atoms with van der Waals surface area (Å²) in [7, 11) is 0. The third-order valence-corrected chi connectivity index (χ3v) is 2.98. The summed E-state index contributed by atoms with van der Waals surface area (Å²) in [6.45, 7) is 5.52. The number of nitrogens with one attached hydrogen (secondary N) is 1. The number of rotatable bonds is 3. The first-order valence-corrected chi connectivity index (χ1v) is 6.21. The Bertz CT molecular complexity index is 583. The van der Waals surface area contributed by atoms with Crippen LogP contribution in [-0.2, 0) is 0 Å². The first-order chi connectivity index (χ1) is 8.97. The van der Waals surface area contributed by atoms with E-state index >= 15 is 0 Å². The molecule has 2 rings (SSSR count). The van der Waals surface area contributed by atoms with Gasteiger partial charge < -0.3 is 15.5 Å². The second kappa shape index (κ2) is 5.28. The number of hydrogen-bond donors (Lipinski definition) is 2. The molecule has 0 fully saturated rings. The molecule has 4 heteroatoms. The number of benzene rings is 1. The van der Waals surface area contributed by atoms with Crippen LogP contribution in [0, 0.1) is 13.8 Å². The van der Waals surface area contributed by atoms with Gasteiger partial charge in [0, 0.05) is 11.7 Å². The Kier molecular flexibility index (Phi) is 3.71. The van der Waals surface area contributed by atoms with Crippen molar-refractivity contribution in [3.05, 3.63) is 53.0 Å². The van der Waals surface area contributed by atoms with Gasteiger partial charge >= 0.3 is 0 Å². The quantitative estimate of drug-likeness (QED) is 0.888. The van der Waals surface area contributed by atoms with Gasteiger partial charge in [0.2, 0.25) is 0 Å². The van der Waals surface area contributed by atoms with Gasteiger partial charge in [-0.3, -0.25) is 4.79 Å². The Morgan fingerprint density at radius 3 is 2.37 bits per heavy atom. The lowest BCUT2D eigenvalue weighted by molar-refractivity contribution is 0.102. The zero-order valence-electron chi connectivity index (χ0n) is 11.4. The summed E-state index contributed by atoms with van der Waals surface area (Å²) in [4.78, 5) is 12.1. The largest absolute Gasteiger partial charge is 0.466 e. The van der Waals surface area contributed by atoms with Crippen LogP contribution in [0.1, 0.15) is 40.4 Å². The van der Waals surface area contributed by atoms with Crippen molar-refractivity contribution >= 4 is 11.6 Å². The summed E-state index contributed by atoms with van der Waals surface area (Å²) in [6.07, 6.45) is 0. The van der Waals surface area contributed by atoms with E-state index in [1.54, 1.807) is 13.0 Å². The molecule has 2 aromatic rings. The Morgan fingerprint density at radius 1 is 1.26 bits per heavy atom. The standard InChI is InChI=1S/C15H18N2O2/c1-9-8-14(11(3)19-9)15(18)17-13-6-4-12(5-7-13)10(2)16/h4-8,10H,16H2,1-3H3,(H,17,18). The molecule has 0 aliphatic rings. The van der Waals surface area contributed by atoms with Gasteiger partial charge in [0.25, 0.3) is 5.91 Å². The number of anilines is 1. The molecule has 1 aromatic carbocycles. The Labute approximate surface area is 112 Å². The third kappa shape index (κ3) is 3.03. The SMILES string of the molecule is Cc1cc(C(=O)Nc2ccc(C(C)N)cc2)c(C)o1. The molecule has 0 spiro atoms. The predicted molar refractivity (Wildman–Crippen MR) is 75.2 cm³/mol. The molecule has 0 aliphatic carbocycles. The molecule has 1 atom stereocenters. The molecular formula is C15H18N2O2. The zero-order valence-corrected chi connectivity index (χ0v) is 11.4. The Balaban J connectivity index is 2.13. The Hall–Kier alpha value is -2.07. The molecule has 1 aromatic heterocycles. The molecule has 100 valence electrons. The van der Waals surface area contributed by atoms with E-state index < -0.39 is 0 Å². The van der Waals surface area contributed by atoms with Crippen LogP contribution in [0.3, 0.4) is 0 Å². The van der Waals surface area contributed by atoms with Crippen molar-refractivity contribution in [3.63, 3.8) is 0 Å². The van der Waals surface area contributed by atoms with Crippen LogP contribution in [0.25, 0.3) is 0 Å². The topological polar surface area (TPSA) is 68.3 Å². The highest BCUT2D eigenvalue weighted by molar-refractivity contribution is 6.05. The number of carbonyl (C=O) groups excluding carboxylic acids is 1. The lowest BCUT2D eigenvalue weighted by Crippen LogP contribution is -2.12. The molecular weight excluding hydrogens is 240 g/mol. The fourth-order valence-corrected chi connectivity index (χ4v) is 1.92. The molecule has 0 bridgehead atoms. The minimum atomic E-state index is -0.164. The molecule has 1 amide bonds. The molecule has 0 aliphatic heterocycles. The number of aryl methyl sites for hydroxylation is 2. The maximum atomic E-state index is 12.1. The second-order valence-electron chi connectivity index (χ2n) is 4.69. The summed E-state index contributed by atoms with van der Waals surface area (Å²) in [6, 6.07) is 9.24. The van der Waals surface area contributed by atoms with Crippen molar-refractivity contribution in [2.75, 3.05) is 5.32 Å². The fraction of sp³-hybridized carbons (Fsp3) is 0.267. The average Bonchev–Trinajstić information content (AvgIpc) is 2.69. The van der Waals surface area contributed by atoms with Gasteiger partial charge in [0.05, 0.1) is 5.56 Å². The maximum absolute atomic E-state index is 12.1. The molecule has 1 heterocycles. The monoisotopic (exact) mass is 258 g/mol. The van der Waals surface area contributed by atoms with E-state index in [-0.39, 0.29) is 11.9 Å². The summed E-state index contributed by atoms with van der Waals surface area (Å²) in [5.41, 5.74) is 8.12. The number of furan rings is 1. The van der Waals surface area contributed by atoms with E-state index in [1.165, 1.54) is 0 Å². The highest BCUT2D eigenvalue weighted by Crippen LogP contribution is 2.18. The molecule has 3 N–H and O–H groups in total. The number of hydrogen-bond acceptors (Lipinski definition) is 3. The summed E-state index contributed by atoms with van der Waals surface area (Å²) >= 11 is 0. The van der Waals surface area contributed by atoms with Gasteiger partial charge in [-0.05, 0) is 44.5 Å². The zero-order chi connectivity index (χ0) is 14.0. The smallest absolute Gasteiger partial charge is 0.259 e. The molecule has 1 unspecified atom stereocenters. The molecule has 4 nitrogen and oxygen atoms in total. The summed E-state index contributed by atoms with van der Waals surface area (Å²) in [5, 5.41) is 2.84. The molecule has 19 heavy (non-hydrogen) atoms. The Morgan fingerprint density at radius 2 is 1.89 bits per heavy atom. The minimum absolute atomic E-state index is 0.0106. The van der Waals surface area contributed by atoms with E-state index in [9.17, 15) is 4.79 Å². The van der Waals surface area contributed by atoms with Crippen LogP contribution in [0.2, 0.25) is 0 Å². The van der Waals surface area contributed by atoms with Crippen molar-refractivity contribution in [3.8, 4) is 0 Å². The first kappa shape index (κ1) is 13.4. The van der Waals surface area contributed by atoms with E-state index in [0.29, 0.717) is 11.3 Å². The van der Waals surface area contributed by atoms with E-state index in [1.807, 2.05) is 38.1 Å². The van der Waals surface area contributed by atoms with Gasteiger partial charge in [0.15, 0.2) is 0 Å². The van der Waals surface area contributed by atoms with Crippen molar-refractivity contribution in [2.24, 2.45) is 5.73 Å². The molecule has 0 saturated heterocycles. The van der Waals surface area contributed by atoms with Crippen molar-refractivity contribution in [1.29, 1.82) is 0 Å². The predicted octanol–water partition coefficient (Wildman–Crippen LogP) is 3.17. The van der Waals surface area contributed by atoms with Crippen molar-refractivity contribution in [2.45, 2.75) is 26.8 Å². The molecule has 0 radical (unpaired) electrons. The van der Waals surface area contributed by atoms with Gasteiger partial charge in [-0.2, -0.15) is 0 Å². The summed E-state index contributed by atoms with van der Waals surface area (Å²) in [5.74, 6) is 1.19. The van der Waals surface area contributed by atoms with E-state index in [4.69, 9.17) is 10.2 Å². The van der Waals surface area contributed by atoms with Crippen LogP contribution in [0.5, 0.6) is 0 Å². The van der Waals surface area contributed by atoms with Crippen molar-refractivity contribution in [1.82, 2.24) is 0 Å². The lowest BCUT2D eigenvalue weighted by atomic mass is 10.1. The lowest BCUT2D eigenvalue weighted by Gasteiger charge is -2.08. The minimum Gasteiger partial charge on any atom is -0.466 e. The maximum Gasteiger partial charge on any atom is 0.259 e. The van der Waals surface area contributed by atoms with Crippen LogP contribution in [0.15, 0.2) is 34.7 Å². The van der Waals surface area contributed by atoms with Crippen LogP contribution in [0.4, 0.5) is 5.69 Å². The van der Waals surface area contributed by atoms with Gasteiger partial charge in [-0.25, -0.2) is 0 Å². The first-order valence-electron chi connectivity index (χ1n) is 6.21. The average molecular weight is 258 g/mol. The van der Waals surface area contributed by atoms with Gasteiger partial charge in [-0.15, -0.1) is 0 Å². The van der Waals surface area contributed by atoms with Crippen molar-refractivity contribution < 1.29 is 9.21 Å². The summed E-state index contributed by atoms with van der Waals surface area (Å²) < 4.78 is 5.35. The third-order valence-electron chi connectivity index (χ3n) is 2.98. The number of amides is 1. The van der Waals surface area contributed by atoms with E-state index in [2.05, 4.69) is 5.32 Å². The highest BCUT2D eigenvalue weighted by Gasteiger charge is 2.13. The van der Waals surface area contributed by atoms with Gasteiger partial charge in [-0.1, -0.05) is 12.1 Å². The normalized spacial score (nSPS) is 12.2. The fourth-order valence-electron chi connectivity index (χ4n) is 1.92. The van der Waals surface area contributed by atoms with Crippen LogP contribution in [-0.4, -0.2) is 5.91 Å². The van der Waals surface area contributed by atoms with E-state index in [0.717, 1.165) is 17.0 Å². The number of carbonyl (C=O) groups is 1.